The quantitative estimate of drug-likeness (QED) is 0.923. The first-order valence-corrected chi connectivity index (χ1v) is 6.25. The molecule has 0 saturated heterocycles. The van der Waals surface area contributed by atoms with Crippen LogP contribution in [0.25, 0.3) is 0 Å². The Hall–Kier alpha value is -0.810. The molecule has 1 N–H and O–H groups in total. The maximum atomic E-state index is 13.0. The van der Waals surface area contributed by atoms with Gasteiger partial charge >= 0.3 is 0 Å². The van der Waals surface area contributed by atoms with Crippen molar-refractivity contribution in [3.05, 3.63) is 27.4 Å². The lowest BCUT2D eigenvalue weighted by Gasteiger charge is -2.16. The normalized spacial score (nSPS) is 10.2. The summed E-state index contributed by atoms with van der Waals surface area (Å²) in [6.07, 6.45) is 0. The van der Waals surface area contributed by atoms with Gasteiger partial charge in [0.15, 0.2) is 0 Å². The van der Waals surface area contributed by atoms with Gasteiger partial charge < -0.3 is 10.2 Å². The summed E-state index contributed by atoms with van der Waals surface area (Å²) < 4.78 is 13.5. The van der Waals surface area contributed by atoms with Crippen LogP contribution < -0.4 is 5.32 Å². The minimum absolute atomic E-state index is 0.0557. The van der Waals surface area contributed by atoms with E-state index in [1.807, 2.05) is 6.92 Å². The van der Waals surface area contributed by atoms with Crippen molar-refractivity contribution in [1.29, 1.82) is 0 Å². The first kappa shape index (κ1) is 14.3. The molecule has 0 spiro atoms. The Balaban J connectivity index is 2.73. The van der Waals surface area contributed by atoms with Crippen LogP contribution in [0.2, 0.25) is 5.02 Å². The predicted octanol–water partition coefficient (Wildman–Crippen LogP) is 3.13. The van der Waals surface area contributed by atoms with E-state index in [0.29, 0.717) is 16.7 Å². The highest BCUT2D eigenvalue weighted by Crippen LogP contribution is 2.31. The van der Waals surface area contributed by atoms with Gasteiger partial charge in [0.2, 0.25) is 5.91 Å². The number of anilines is 1. The van der Waals surface area contributed by atoms with E-state index in [-0.39, 0.29) is 17.5 Å². The van der Waals surface area contributed by atoms with Crippen LogP contribution in [0.15, 0.2) is 16.6 Å². The molecule has 1 rings (SSSR count). The summed E-state index contributed by atoms with van der Waals surface area (Å²) >= 11 is 9.06. The van der Waals surface area contributed by atoms with Crippen molar-refractivity contribution in [2.45, 2.75) is 6.92 Å². The molecule has 1 aromatic rings. The van der Waals surface area contributed by atoms with Gasteiger partial charge in [-0.3, -0.25) is 4.79 Å². The Morgan fingerprint density at radius 3 is 2.76 bits per heavy atom. The Bertz CT molecular complexity index is 405. The largest absolute Gasteiger partial charge is 0.374 e. The Labute approximate surface area is 113 Å². The summed E-state index contributed by atoms with van der Waals surface area (Å²) in [5, 5.41) is 3.13. The third kappa shape index (κ3) is 3.85. The molecule has 0 aliphatic rings. The summed E-state index contributed by atoms with van der Waals surface area (Å²) in [6, 6.07) is 2.49. The SMILES string of the molecule is CCN(C)C(=O)CNc1c(Cl)cc(F)cc1Br. The molecule has 0 atom stereocenters. The number of amides is 1. The van der Waals surface area contributed by atoms with Crippen LogP contribution in [0.4, 0.5) is 10.1 Å². The number of likely N-dealkylation sites (N-methyl/N-ethyl adjacent to an activating group) is 1. The number of rotatable bonds is 4. The molecule has 1 aromatic carbocycles. The molecule has 1 amide bonds. The fourth-order valence-electron chi connectivity index (χ4n) is 1.19. The fraction of sp³-hybridized carbons (Fsp3) is 0.364. The average molecular weight is 324 g/mol. The average Bonchev–Trinajstić information content (AvgIpc) is 2.26. The molecular weight excluding hydrogens is 310 g/mol. The monoisotopic (exact) mass is 322 g/mol. The van der Waals surface area contributed by atoms with Crippen LogP contribution in [-0.4, -0.2) is 30.9 Å². The molecule has 6 heteroatoms. The molecule has 0 aliphatic carbocycles. The van der Waals surface area contributed by atoms with Gasteiger partial charge in [-0.25, -0.2) is 4.39 Å². The number of hydrogen-bond donors (Lipinski definition) is 1. The van der Waals surface area contributed by atoms with E-state index >= 15 is 0 Å². The van der Waals surface area contributed by atoms with Crippen LogP contribution in [0.1, 0.15) is 6.92 Å². The highest BCUT2D eigenvalue weighted by atomic mass is 79.9. The number of nitrogens with zero attached hydrogens (tertiary/aromatic N) is 1. The van der Waals surface area contributed by atoms with Gasteiger partial charge in [0.25, 0.3) is 0 Å². The van der Waals surface area contributed by atoms with Gasteiger partial charge in [-0.15, -0.1) is 0 Å². The Morgan fingerprint density at radius 2 is 2.24 bits per heavy atom. The van der Waals surface area contributed by atoms with Crippen molar-refractivity contribution >= 4 is 39.1 Å². The van der Waals surface area contributed by atoms with E-state index in [1.54, 1.807) is 11.9 Å². The molecule has 0 aliphatic heterocycles. The molecule has 0 saturated carbocycles. The van der Waals surface area contributed by atoms with E-state index in [4.69, 9.17) is 11.6 Å². The number of halogens is 3. The lowest BCUT2D eigenvalue weighted by Crippen LogP contribution is -2.32. The maximum absolute atomic E-state index is 13.0. The summed E-state index contributed by atoms with van der Waals surface area (Å²) in [5.74, 6) is -0.482. The van der Waals surface area contributed by atoms with Gasteiger partial charge in [0.05, 0.1) is 17.3 Å². The first-order valence-electron chi connectivity index (χ1n) is 5.08. The second-order valence-corrected chi connectivity index (χ2v) is 4.77. The number of carbonyl (C=O) groups excluding carboxylic acids is 1. The molecule has 0 aromatic heterocycles. The van der Waals surface area contributed by atoms with Crippen LogP contribution in [0.3, 0.4) is 0 Å². The first-order chi connectivity index (χ1) is 7.95. The van der Waals surface area contributed by atoms with Crippen LogP contribution >= 0.6 is 27.5 Å². The van der Waals surface area contributed by atoms with Crippen molar-refractivity contribution < 1.29 is 9.18 Å². The molecule has 0 heterocycles. The topological polar surface area (TPSA) is 32.3 Å². The summed E-state index contributed by atoms with van der Waals surface area (Å²) in [5.41, 5.74) is 0.519. The van der Waals surface area contributed by atoms with Gasteiger partial charge in [-0.1, -0.05) is 11.6 Å². The lowest BCUT2D eigenvalue weighted by atomic mass is 10.3. The lowest BCUT2D eigenvalue weighted by molar-refractivity contribution is -0.127. The third-order valence-corrected chi connectivity index (χ3v) is 3.25. The zero-order valence-electron chi connectivity index (χ0n) is 9.56. The second-order valence-electron chi connectivity index (χ2n) is 3.51. The summed E-state index contributed by atoms with van der Waals surface area (Å²) in [4.78, 5) is 13.1. The van der Waals surface area contributed by atoms with E-state index in [2.05, 4.69) is 21.2 Å². The highest BCUT2D eigenvalue weighted by molar-refractivity contribution is 9.10. The zero-order valence-corrected chi connectivity index (χ0v) is 11.9. The van der Waals surface area contributed by atoms with E-state index < -0.39 is 5.82 Å². The molecule has 17 heavy (non-hydrogen) atoms. The van der Waals surface area contributed by atoms with E-state index in [1.165, 1.54) is 12.1 Å². The molecular formula is C11H13BrClFN2O. The minimum atomic E-state index is -0.426. The van der Waals surface area contributed by atoms with Crippen molar-refractivity contribution in [1.82, 2.24) is 4.90 Å². The van der Waals surface area contributed by atoms with E-state index in [0.717, 1.165) is 0 Å². The number of benzene rings is 1. The van der Waals surface area contributed by atoms with Gasteiger partial charge in [-0.05, 0) is 35.0 Å². The van der Waals surface area contributed by atoms with Crippen molar-refractivity contribution in [2.24, 2.45) is 0 Å². The minimum Gasteiger partial charge on any atom is -0.374 e. The summed E-state index contributed by atoms with van der Waals surface area (Å²) in [7, 11) is 1.71. The van der Waals surface area contributed by atoms with Gasteiger partial charge in [-0.2, -0.15) is 0 Å². The molecule has 0 unspecified atom stereocenters. The second kappa shape index (κ2) is 6.21. The number of hydrogen-bond acceptors (Lipinski definition) is 2. The third-order valence-electron chi connectivity index (χ3n) is 2.32. The Morgan fingerprint density at radius 1 is 1.59 bits per heavy atom. The Kier molecular flexibility index (Phi) is 5.21. The standard InChI is InChI=1S/C11H13BrClFN2O/c1-3-16(2)10(17)6-15-11-8(12)4-7(14)5-9(11)13/h4-5,15H,3,6H2,1-2H3. The van der Waals surface area contributed by atoms with Crippen molar-refractivity contribution in [3.8, 4) is 0 Å². The van der Waals surface area contributed by atoms with Gasteiger partial charge in [0.1, 0.15) is 5.82 Å². The summed E-state index contributed by atoms with van der Waals surface area (Å²) in [6.45, 7) is 2.64. The van der Waals surface area contributed by atoms with Crippen LogP contribution in [0, 0.1) is 5.82 Å². The van der Waals surface area contributed by atoms with Gasteiger partial charge in [0, 0.05) is 18.1 Å². The molecule has 3 nitrogen and oxygen atoms in total. The number of nitrogens with one attached hydrogen (secondary N) is 1. The number of carbonyl (C=O) groups is 1. The molecule has 0 fully saturated rings. The highest BCUT2D eigenvalue weighted by Gasteiger charge is 2.11. The predicted molar refractivity (Wildman–Crippen MR) is 70.9 cm³/mol. The van der Waals surface area contributed by atoms with Crippen LogP contribution in [-0.2, 0) is 4.79 Å². The molecule has 94 valence electrons. The molecule has 0 radical (unpaired) electrons. The van der Waals surface area contributed by atoms with Crippen molar-refractivity contribution in [3.63, 3.8) is 0 Å². The maximum Gasteiger partial charge on any atom is 0.241 e. The van der Waals surface area contributed by atoms with E-state index in [9.17, 15) is 9.18 Å². The molecule has 0 bridgehead atoms. The zero-order chi connectivity index (χ0) is 13.0. The fourth-order valence-corrected chi connectivity index (χ4v) is 2.15. The van der Waals surface area contributed by atoms with Crippen LogP contribution in [0.5, 0.6) is 0 Å². The smallest absolute Gasteiger partial charge is 0.241 e. The van der Waals surface area contributed by atoms with Crippen molar-refractivity contribution in [2.75, 3.05) is 25.5 Å².